The summed E-state index contributed by atoms with van der Waals surface area (Å²) in [6.07, 6.45) is 7.36. The molecule has 3 heterocycles. The molecule has 0 saturated carbocycles. The summed E-state index contributed by atoms with van der Waals surface area (Å²) in [6.45, 7) is 3.71. The minimum atomic E-state index is -0.613. The number of benzene rings is 2. The summed E-state index contributed by atoms with van der Waals surface area (Å²) < 4.78 is 23.4. The zero-order valence-electron chi connectivity index (χ0n) is 19.9. The van der Waals surface area contributed by atoms with Gasteiger partial charge in [0.05, 0.1) is 25.1 Å². The summed E-state index contributed by atoms with van der Waals surface area (Å²) in [6, 6.07) is 20.8. The molecule has 1 aliphatic rings. The molecule has 4 aromatic rings. The minimum Gasteiger partial charge on any atom is -0.480 e. The Balaban J connectivity index is 1.22. The third kappa shape index (κ3) is 5.67. The predicted molar refractivity (Wildman–Crippen MR) is 138 cm³/mol. The van der Waals surface area contributed by atoms with Crippen molar-refractivity contribution in [3.05, 3.63) is 79.2 Å². The van der Waals surface area contributed by atoms with Crippen LogP contribution in [-0.2, 0) is 4.74 Å². The molecule has 5 rings (SSSR count). The van der Waals surface area contributed by atoms with Crippen molar-refractivity contribution in [2.75, 3.05) is 19.8 Å². The van der Waals surface area contributed by atoms with Crippen molar-refractivity contribution in [3.8, 4) is 40.1 Å². The first-order chi connectivity index (χ1) is 17.7. The zero-order valence-corrected chi connectivity index (χ0v) is 19.9. The Labute approximate surface area is 209 Å². The fourth-order valence-electron chi connectivity index (χ4n) is 3.75. The van der Waals surface area contributed by atoms with E-state index >= 15 is 0 Å². The molecule has 0 fully saturated rings. The highest BCUT2D eigenvalue weighted by atomic mass is 16.5. The average Bonchev–Trinajstić information content (AvgIpc) is 3.42. The maximum atomic E-state index is 6.27. The van der Waals surface area contributed by atoms with E-state index in [1.165, 1.54) is 0 Å². The Morgan fingerprint density at radius 2 is 1.69 bits per heavy atom. The lowest BCUT2D eigenvalue weighted by Crippen LogP contribution is -2.43. The smallest absolute Gasteiger partial charge is 0.226 e. The highest BCUT2D eigenvalue weighted by Crippen LogP contribution is 2.29. The van der Waals surface area contributed by atoms with Crippen LogP contribution >= 0.6 is 0 Å². The molecule has 8 heteroatoms. The van der Waals surface area contributed by atoms with E-state index in [0.717, 1.165) is 11.3 Å². The van der Waals surface area contributed by atoms with E-state index in [1.54, 1.807) is 25.0 Å². The number of rotatable bonds is 10. The van der Waals surface area contributed by atoms with Gasteiger partial charge in [0.2, 0.25) is 5.89 Å². The first-order valence-electron chi connectivity index (χ1n) is 11.8. The molecule has 0 saturated heterocycles. The standard InChI is InChI=1S/C28H26N4O4/c1-2-33-16-14-28(18-29-20-30-19-28)36-24-12-10-23(11-13-24)35-22-8-6-21(7-9-22)27-32-26(17-34-27)25-5-3-4-15-31-25/h3-13,15,17-18,20H,2,14,16,19H2,1H3. The molecule has 8 nitrogen and oxygen atoms in total. The van der Waals surface area contributed by atoms with E-state index < -0.39 is 5.60 Å². The molecular formula is C28H26N4O4. The molecule has 0 bridgehead atoms. The second-order valence-corrected chi connectivity index (χ2v) is 8.20. The van der Waals surface area contributed by atoms with Gasteiger partial charge >= 0.3 is 0 Å². The second-order valence-electron chi connectivity index (χ2n) is 8.20. The quantitative estimate of drug-likeness (QED) is 0.263. The molecule has 0 amide bonds. The van der Waals surface area contributed by atoms with Crippen LogP contribution in [0.1, 0.15) is 13.3 Å². The maximum Gasteiger partial charge on any atom is 0.226 e. The first-order valence-corrected chi connectivity index (χ1v) is 11.8. The number of oxazole rings is 1. The molecule has 2 aromatic heterocycles. The van der Waals surface area contributed by atoms with Gasteiger partial charge in [-0.1, -0.05) is 6.07 Å². The van der Waals surface area contributed by atoms with Crippen molar-refractivity contribution in [1.82, 2.24) is 9.97 Å². The Morgan fingerprint density at radius 3 is 2.39 bits per heavy atom. The summed E-state index contributed by atoms with van der Waals surface area (Å²) in [5.41, 5.74) is 1.70. The number of hydrogen-bond acceptors (Lipinski definition) is 8. The van der Waals surface area contributed by atoms with Crippen LogP contribution in [0.2, 0.25) is 0 Å². The van der Waals surface area contributed by atoms with Crippen molar-refractivity contribution < 1.29 is 18.6 Å². The maximum absolute atomic E-state index is 6.27. The minimum absolute atomic E-state index is 0.502. The van der Waals surface area contributed by atoms with Crippen LogP contribution in [0, 0.1) is 0 Å². The van der Waals surface area contributed by atoms with E-state index in [2.05, 4.69) is 20.0 Å². The van der Waals surface area contributed by atoms with Crippen molar-refractivity contribution >= 4 is 12.6 Å². The largest absolute Gasteiger partial charge is 0.480 e. The van der Waals surface area contributed by atoms with Crippen LogP contribution in [0.15, 0.2) is 93.6 Å². The van der Waals surface area contributed by atoms with Gasteiger partial charge in [-0.2, -0.15) is 0 Å². The Morgan fingerprint density at radius 1 is 0.917 bits per heavy atom. The summed E-state index contributed by atoms with van der Waals surface area (Å²) in [4.78, 5) is 17.3. The first kappa shape index (κ1) is 23.4. The fourth-order valence-corrected chi connectivity index (χ4v) is 3.75. The van der Waals surface area contributed by atoms with Crippen molar-refractivity contribution in [2.45, 2.75) is 18.9 Å². The summed E-state index contributed by atoms with van der Waals surface area (Å²) in [5, 5.41) is 0. The van der Waals surface area contributed by atoms with Gasteiger partial charge in [-0.3, -0.25) is 9.98 Å². The number of nitrogens with zero attached hydrogens (tertiary/aromatic N) is 4. The van der Waals surface area contributed by atoms with Gasteiger partial charge in [0, 0.05) is 24.8 Å². The fraction of sp³-hybridized carbons (Fsp3) is 0.214. The van der Waals surface area contributed by atoms with Crippen LogP contribution in [-0.4, -0.2) is 47.9 Å². The third-order valence-corrected chi connectivity index (χ3v) is 5.60. The van der Waals surface area contributed by atoms with Crippen molar-refractivity contribution in [3.63, 3.8) is 0 Å². The predicted octanol–water partition coefficient (Wildman–Crippen LogP) is 5.85. The van der Waals surface area contributed by atoms with Gasteiger partial charge < -0.3 is 18.6 Å². The van der Waals surface area contributed by atoms with E-state index in [9.17, 15) is 0 Å². The van der Waals surface area contributed by atoms with Gasteiger partial charge in [0.15, 0.2) is 5.60 Å². The number of ether oxygens (including phenoxy) is 3. The number of pyridine rings is 1. The second kappa shape index (κ2) is 11.0. The molecule has 0 aliphatic carbocycles. The summed E-state index contributed by atoms with van der Waals surface area (Å²) in [7, 11) is 0. The molecule has 2 aromatic carbocycles. The van der Waals surface area contributed by atoms with Crippen LogP contribution < -0.4 is 9.47 Å². The molecule has 1 unspecified atom stereocenters. The molecule has 0 N–H and O–H groups in total. The monoisotopic (exact) mass is 482 g/mol. The molecule has 0 spiro atoms. The highest BCUT2D eigenvalue weighted by molar-refractivity contribution is 5.81. The topological polar surface area (TPSA) is 91.3 Å². The normalized spacial score (nSPS) is 16.7. The van der Waals surface area contributed by atoms with Crippen molar-refractivity contribution in [1.29, 1.82) is 0 Å². The molecule has 182 valence electrons. The lowest BCUT2D eigenvalue weighted by molar-refractivity contribution is 0.0771. The van der Waals surface area contributed by atoms with Gasteiger partial charge in [-0.05, 0) is 67.6 Å². The van der Waals surface area contributed by atoms with Crippen LogP contribution in [0.25, 0.3) is 22.8 Å². The Kier molecular flexibility index (Phi) is 7.14. The number of aliphatic imine (C=N–C) groups is 2. The summed E-state index contributed by atoms with van der Waals surface area (Å²) in [5.74, 6) is 2.64. The lowest BCUT2D eigenvalue weighted by atomic mass is 10.0. The molecule has 1 aliphatic heterocycles. The SMILES string of the molecule is CCOCCC1(Oc2ccc(Oc3ccc(-c4nc(-c5ccccn5)co4)cc3)cc2)C=NC=NC1. The van der Waals surface area contributed by atoms with Crippen LogP contribution in [0.4, 0.5) is 0 Å². The van der Waals surface area contributed by atoms with E-state index in [-0.39, 0.29) is 0 Å². The summed E-state index contributed by atoms with van der Waals surface area (Å²) >= 11 is 0. The molecule has 1 atom stereocenters. The Bertz CT molecular complexity index is 1320. The van der Waals surface area contributed by atoms with Gasteiger partial charge in [0.1, 0.15) is 35.5 Å². The number of hydrogen-bond donors (Lipinski definition) is 0. The van der Waals surface area contributed by atoms with Crippen LogP contribution in [0.5, 0.6) is 17.2 Å². The van der Waals surface area contributed by atoms with Crippen LogP contribution in [0.3, 0.4) is 0 Å². The van der Waals surface area contributed by atoms with Gasteiger partial charge in [-0.15, -0.1) is 0 Å². The van der Waals surface area contributed by atoms with E-state index in [1.807, 2.05) is 73.7 Å². The highest BCUT2D eigenvalue weighted by Gasteiger charge is 2.31. The molecule has 0 radical (unpaired) electrons. The number of aromatic nitrogens is 2. The van der Waals surface area contributed by atoms with E-state index in [0.29, 0.717) is 55.0 Å². The van der Waals surface area contributed by atoms with Gasteiger partial charge in [0.25, 0.3) is 0 Å². The third-order valence-electron chi connectivity index (χ3n) is 5.60. The van der Waals surface area contributed by atoms with E-state index in [4.69, 9.17) is 18.6 Å². The lowest BCUT2D eigenvalue weighted by Gasteiger charge is -2.30. The molecule has 36 heavy (non-hydrogen) atoms. The van der Waals surface area contributed by atoms with Crippen molar-refractivity contribution in [2.24, 2.45) is 9.98 Å². The Hall–Kier alpha value is -4.30. The van der Waals surface area contributed by atoms with Gasteiger partial charge in [-0.25, -0.2) is 9.98 Å². The average molecular weight is 483 g/mol. The zero-order chi connectivity index (χ0) is 24.6. The molecular weight excluding hydrogens is 456 g/mol.